The number of aromatic amines is 1. The van der Waals surface area contributed by atoms with Crippen LogP contribution in [0.2, 0.25) is 0 Å². The van der Waals surface area contributed by atoms with Crippen molar-refractivity contribution in [1.82, 2.24) is 20.6 Å². The molecule has 0 aliphatic heterocycles. The van der Waals surface area contributed by atoms with Gasteiger partial charge in [-0.25, -0.2) is 9.37 Å². The molecular weight excluding hydrogens is 402 g/mol. The summed E-state index contributed by atoms with van der Waals surface area (Å²) in [6.45, 7) is -0.474. The summed E-state index contributed by atoms with van der Waals surface area (Å²) in [6.07, 6.45) is -0.488. The Morgan fingerprint density at radius 1 is 1.20 bits per heavy atom. The third-order valence-electron chi connectivity index (χ3n) is 4.28. The zero-order valence-corrected chi connectivity index (χ0v) is 16.2. The monoisotopic (exact) mass is 423 g/mol. The quantitative estimate of drug-likeness (QED) is 0.309. The van der Waals surface area contributed by atoms with Gasteiger partial charge in [-0.05, 0) is 41.8 Å². The van der Waals surface area contributed by atoms with Crippen LogP contribution in [-0.2, 0) is 13.0 Å². The number of H-pyrrole nitrogens is 1. The molecule has 2 aromatic heterocycles. The van der Waals surface area contributed by atoms with Crippen LogP contribution in [0.5, 0.6) is 5.88 Å². The molecule has 10 heteroatoms. The van der Waals surface area contributed by atoms with Gasteiger partial charge in [0.05, 0.1) is 0 Å². The number of rotatable bonds is 7. The van der Waals surface area contributed by atoms with Gasteiger partial charge in [0.2, 0.25) is 5.88 Å². The number of fused-ring (bicyclic) bond motifs is 1. The Morgan fingerprint density at radius 3 is 2.80 bits per heavy atom. The predicted molar refractivity (Wildman–Crippen MR) is 106 cm³/mol. The molecule has 0 saturated heterocycles. The van der Waals surface area contributed by atoms with E-state index in [4.69, 9.17) is 0 Å². The van der Waals surface area contributed by atoms with Crippen LogP contribution in [0, 0.1) is 5.82 Å². The summed E-state index contributed by atoms with van der Waals surface area (Å²) < 4.78 is 54.7. The van der Waals surface area contributed by atoms with E-state index in [2.05, 4.69) is 30.3 Å². The van der Waals surface area contributed by atoms with E-state index in [1.165, 1.54) is 24.4 Å². The molecule has 1 aromatic carbocycles. The second-order valence-corrected chi connectivity index (χ2v) is 6.51. The number of alkyl halides is 3. The molecule has 3 N–H and O–H groups in total. The first-order valence-electron chi connectivity index (χ1n) is 9.18. The van der Waals surface area contributed by atoms with Crippen LogP contribution in [0.3, 0.4) is 0 Å². The molecule has 0 amide bonds. The van der Waals surface area contributed by atoms with E-state index in [0.29, 0.717) is 31.0 Å². The highest BCUT2D eigenvalue weighted by Gasteiger charge is 2.28. The van der Waals surface area contributed by atoms with E-state index >= 15 is 0 Å². The lowest BCUT2D eigenvalue weighted by atomic mass is 10.1. The number of hydrogen-bond donors (Lipinski definition) is 3. The molecule has 0 bridgehead atoms. The molecule has 0 unspecified atom stereocenters. The van der Waals surface area contributed by atoms with E-state index < -0.39 is 12.8 Å². The fourth-order valence-corrected chi connectivity index (χ4v) is 2.88. The summed E-state index contributed by atoms with van der Waals surface area (Å²) >= 11 is 0. The van der Waals surface area contributed by atoms with E-state index in [9.17, 15) is 17.6 Å². The van der Waals surface area contributed by atoms with Crippen molar-refractivity contribution >= 4 is 16.9 Å². The molecule has 6 nitrogen and oxygen atoms in total. The van der Waals surface area contributed by atoms with E-state index in [0.717, 1.165) is 16.5 Å². The lowest BCUT2D eigenvalue weighted by Crippen LogP contribution is -2.37. The Hall–Kier alpha value is -3.30. The topological polar surface area (TPSA) is 74.3 Å². The first-order chi connectivity index (χ1) is 14.3. The fraction of sp³-hybridized carbons (Fsp3) is 0.300. The van der Waals surface area contributed by atoms with Crippen LogP contribution in [0.1, 0.15) is 11.1 Å². The minimum atomic E-state index is -4.42. The van der Waals surface area contributed by atoms with Crippen molar-refractivity contribution in [2.45, 2.75) is 19.1 Å². The fourth-order valence-electron chi connectivity index (χ4n) is 2.88. The van der Waals surface area contributed by atoms with Gasteiger partial charge in [0, 0.05) is 49.5 Å². The SMILES string of the molecule is CN=C(NCCc1c[nH]c2cc(F)ccc12)NCc1ccnc(OCC(F)(F)F)c1. The molecule has 0 aliphatic rings. The molecule has 160 valence electrons. The maximum absolute atomic E-state index is 13.3. The number of benzene rings is 1. The van der Waals surface area contributed by atoms with Gasteiger partial charge < -0.3 is 20.4 Å². The van der Waals surface area contributed by atoms with Gasteiger partial charge in [-0.1, -0.05) is 0 Å². The predicted octanol–water partition coefficient (Wildman–Crippen LogP) is 3.55. The number of aliphatic imine (C=N–C) groups is 1. The summed E-state index contributed by atoms with van der Waals surface area (Å²) in [5.74, 6) is 0.155. The number of aromatic nitrogens is 2. The van der Waals surface area contributed by atoms with Crippen molar-refractivity contribution in [2.75, 3.05) is 20.2 Å². The zero-order valence-electron chi connectivity index (χ0n) is 16.2. The molecule has 0 fully saturated rings. The molecule has 2 heterocycles. The normalized spacial score (nSPS) is 12.2. The van der Waals surface area contributed by atoms with Crippen LogP contribution >= 0.6 is 0 Å². The Balaban J connectivity index is 1.49. The Bertz CT molecular complexity index is 1020. The highest BCUT2D eigenvalue weighted by molar-refractivity contribution is 5.83. The minimum absolute atomic E-state index is 0.0923. The zero-order chi connectivity index (χ0) is 21.6. The molecule has 0 spiro atoms. The van der Waals surface area contributed by atoms with Crippen LogP contribution < -0.4 is 15.4 Å². The van der Waals surface area contributed by atoms with Gasteiger partial charge in [0.1, 0.15) is 5.82 Å². The van der Waals surface area contributed by atoms with Crippen molar-refractivity contribution in [1.29, 1.82) is 0 Å². The third-order valence-corrected chi connectivity index (χ3v) is 4.28. The number of nitrogens with zero attached hydrogens (tertiary/aromatic N) is 2. The van der Waals surface area contributed by atoms with Crippen molar-refractivity contribution in [3.05, 3.63) is 59.7 Å². The van der Waals surface area contributed by atoms with Gasteiger partial charge in [-0.3, -0.25) is 4.99 Å². The second-order valence-electron chi connectivity index (χ2n) is 6.51. The van der Waals surface area contributed by atoms with Crippen LogP contribution in [0.15, 0.2) is 47.7 Å². The highest BCUT2D eigenvalue weighted by Crippen LogP contribution is 2.19. The average Bonchev–Trinajstić information content (AvgIpc) is 3.10. The van der Waals surface area contributed by atoms with Crippen LogP contribution in [0.25, 0.3) is 10.9 Å². The van der Waals surface area contributed by atoms with Gasteiger partial charge in [-0.2, -0.15) is 13.2 Å². The van der Waals surface area contributed by atoms with Crippen molar-refractivity contribution in [3.63, 3.8) is 0 Å². The first kappa shape index (κ1) is 21.4. The molecule has 30 heavy (non-hydrogen) atoms. The maximum Gasteiger partial charge on any atom is 0.422 e. The molecule has 0 radical (unpaired) electrons. The van der Waals surface area contributed by atoms with Gasteiger partial charge >= 0.3 is 6.18 Å². The summed E-state index contributed by atoms with van der Waals surface area (Å²) in [5.41, 5.74) is 2.49. The lowest BCUT2D eigenvalue weighted by Gasteiger charge is -2.13. The molecule has 3 aromatic rings. The van der Waals surface area contributed by atoms with Crippen LogP contribution in [0.4, 0.5) is 17.6 Å². The Morgan fingerprint density at radius 2 is 2.03 bits per heavy atom. The molecule has 3 rings (SSSR count). The number of guanidine groups is 1. The van der Waals surface area contributed by atoms with Gasteiger partial charge in [0.15, 0.2) is 12.6 Å². The van der Waals surface area contributed by atoms with E-state index in [1.807, 2.05) is 6.20 Å². The summed E-state index contributed by atoms with van der Waals surface area (Å²) in [6, 6.07) is 7.73. The lowest BCUT2D eigenvalue weighted by molar-refractivity contribution is -0.154. The van der Waals surface area contributed by atoms with Crippen LogP contribution in [-0.4, -0.2) is 42.3 Å². The maximum atomic E-state index is 13.3. The van der Waals surface area contributed by atoms with E-state index in [-0.39, 0.29) is 11.7 Å². The number of pyridine rings is 1. The molecule has 0 atom stereocenters. The number of ether oxygens (including phenoxy) is 1. The molecule has 0 saturated carbocycles. The van der Waals surface area contributed by atoms with Crippen molar-refractivity contribution in [2.24, 2.45) is 4.99 Å². The standard InChI is InChI=1S/C20H21F4N5O/c1-25-19(27-7-5-14-11-28-17-9-15(21)2-3-16(14)17)29-10-13-4-6-26-18(8-13)30-12-20(22,23)24/h2-4,6,8-9,11,28H,5,7,10,12H2,1H3,(H2,25,27,29). The third kappa shape index (κ3) is 6.10. The summed E-state index contributed by atoms with van der Waals surface area (Å²) in [4.78, 5) is 11.0. The number of halogens is 4. The number of hydrogen-bond acceptors (Lipinski definition) is 3. The van der Waals surface area contributed by atoms with Crippen molar-refractivity contribution in [3.8, 4) is 5.88 Å². The van der Waals surface area contributed by atoms with Gasteiger partial charge in [-0.15, -0.1) is 0 Å². The largest absolute Gasteiger partial charge is 0.468 e. The Labute approximate surface area is 170 Å². The molecular formula is C20H21F4N5O. The van der Waals surface area contributed by atoms with Crippen molar-refractivity contribution < 1.29 is 22.3 Å². The minimum Gasteiger partial charge on any atom is -0.468 e. The van der Waals surface area contributed by atoms with E-state index in [1.54, 1.807) is 19.2 Å². The second kappa shape index (κ2) is 9.47. The highest BCUT2D eigenvalue weighted by atomic mass is 19.4. The Kier molecular flexibility index (Phi) is 6.76. The summed E-state index contributed by atoms with van der Waals surface area (Å²) in [5, 5.41) is 7.22. The average molecular weight is 423 g/mol. The molecule has 0 aliphatic carbocycles. The number of nitrogens with one attached hydrogen (secondary N) is 3. The smallest absolute Gasteiger partial charge is 0.422 e. The van der Waals surface area contributed by atoms with Gasteiger partial charge in [0.25, 0.3) is 0 Å². The first-order valence-corrected chi connectivity index (χ1v) is 9.18. The summed E-state index contributed by atoms with van der Waals surface area (Å²) in [7, 11) is 1.62.